The summed E-state index contributed by atoms with van der Waals surface area (Å²) in [5, 5.41) is 10.7. The lowest BCUT2D eigenvalue weighted by atomic mass is 10.1. The van der Waals surface area contributed by atoms with Gasteiger partial charge < -0.3 is 29.2 Å². The van der Waals surface area contributed by atoms with Gasteiger partial charge in [-0.3, -0.25) is 4.90 Å². The zero-order valence-corrected chi connectivity index (χ0v) is 22.3. The second-order valence-corrected chi connectivity index (χ2v) is 9.92. The lowest BCUT2D eigenvalue weighted by Crippen LogP contribution is -2.38. The summed E-state index contributed by atoms with van der Waals surface area (Å²) in [6.45, 7) is 6.00. The molecule has 6 rings (SSSR count). The first-order chi connectivity index (χ1) is 19.7. The molecule has 2 saturated heterocycles. The second-order valence-electron chi connectivity index (χ2n) is 9.92. The number of fused-ring (bicyclic) bond motifs is 1. The summed E-state index contributed by atoms with van der Waals surface area (Å²) < 4.78 is 25.3. The van der Waals surface area contributed by atoms with Crippen LogP contribution in [0.1, 0.15) is 24.4 Å². The van der Waals surface area contributed by atoms with E-state index < -0.39 is 0 Å². The van der Waals surface area contributed by atoms with E-state index in [1.54, 1.807) is 12.1 Å². The van der Waals surface area contributed by atoms with Crippen LogP contribution in [0, 0.1) is 11.3 Å². The van der Waals surface area contributed by atoms with Crippen molar-refractivity contribution in [1.82, 2.24) is 19.4 Å². The normalized spacial score (nSPS) is 16.6. The van der Waals surface area contributed by atoms with E-state index in [-0.39, 0.29) is 0 Å². The molecule has 2 aromatic carbocycles. The van der Waals surface area contributed by atoms with Gasteiger partial charge in [0.1, 0.15) is 53.3 Å². The smallest absolute Gasteiger partial charge is 0.148 e. The Morgan fingerprint density at radius 2 is 1.73 bits per heavy atom. The van der Waals surface area contributed by atoms with Crippen molar-refractivity contribution in [2.45, 2.75) is 18.9 Å². The van der Waals surface area contributed by atoms with Crippen LogP contribution in [0.3, 0.4) is 0 Å². The fourth-order valence-electron chi connectivity index (χ4n) is 5.33. The molecule has 0 radical (unpaired) electrons. The molecule has 4 aromatic rings. The van der Waals surface area contributed by atoms with Gasteiger partial charge in [0.05, 0.1) is 18.6 Å². The van der Waals surface area contributed by atoms with Crippen LogP contribution in [-0.4, -0.2) is 72.1 Å². The first kappa shape index (κ1) is 26.1. The molecule has 0 spiro atoms. The molecule has 2 aromatic heterocycles. The monoisotopic (exact) mass is 540 g/mol. The molecule has 10 heteroatoms. The summed E-state index contributed by atoms with van der Waals surface area (Å²) >= 11 is 0. The summed E-state index contributed by atoms with van der Waals surface area (Å²) in [4.78, 5) is 11.1. The SMILES string of the molecule is N#Cc1c(OCCN2CCOCC2)cccc1Oc1ccc(-c2cn(C3CCOCC3)c3ncnc(N)c23)cc1. The Hall–Kier alpha value is -4.17. The highest BCUT2D eigenvalue weighted by Crippen LogP contribution is 2.38. The van der Waals surface area contributed by atoms with Gasteiger partial charge in [-0.05, 0) is 42.7 Å². The Balaban J connectivity index is 1.21. The highest BCUT2D eigenvalue weighted by Gasteiger charge is 2.22. The lowest BCUT2D eigenvalue weighted by Gasteiger charge is -2.26. The van der Waals surface area contributed by atoms with Gasteiger partial charge in [-0.2, -0.15) is 5.26 Å². The van der Waals surface area contributed by atoms with Crippen molar-refractivity contribution < 1.29 is 18.9 Å². The van der Waals surface area contributed by atoms with Crippen LogP contribution < -0.4 is 15.2 Å². The minimum Gasteiger partial charge on any atom is -0.491 e. The fourth-order valence-corrected chi connectivity index (χ4v) is 5.33. The van der Waals surface area contributed by atoms with Gasteiger partial charge in [0.25, 0.3) is 0 Å². The molecule has 2 aliphatic heterocycles. The van der Waals surface area contributed by atoms with Crippen molar-refractivity contribution in [2.75, 3.05) is 58.4 Å². The molecule has 2 N–H and O–H groups in total. The molecular formula is C30H32N6O4. The van der Waals surface area contributed by atoms with Gasteiger partial charge in [0.2, 0.25) is 0 Å². The van der Waals surface area contributed by atoms with Crippen LogP contribution in [-0.2, 0) is 9.47 Å². The molecule has 0 amide bonds. The number of ether oxygens (including phenoxy) is 4. The number of benzene rings is 2. The second kappa shape index (κ2) is 11.9. The zero-order chi connectivity index (χ0) is 27.3. The zero-order valence-electron chi connectivity index (χ0n) is 22.3. The number of nitriles is 1. The first-order valence-corrected chi connectivity index (χ1v) is 13.6. The lowest BCUT2D eigenvalue weighted by molar-refractivity contribution is 0.0322. The van der Waals surface area contributed by atoms with Gasteiger partial charge in [-0.25, -0.2) is 9.97 Å². The summed E-state index contributed by atoms with van der Waals surface area (Å²) in [6.07, 6.45) is 5.49. The summed E-state index contributed by atoms with van der Waals surface area (Å²) in [5.41, 5.74) is 9.48. The molecule has 206 valence electrons. The van der Waals surface area contributed by atoms with Crippen LogP contribution >= 0.6 is 0 Å². The van der Waals surface area contributed by atoms with E-state index in [1.165, 1.54) is 6.33 Å². The minimum atomic E-state index is 0.301. The molecule has 0 bridgehead atoms. The standard InChI is InChI=1S/C30H32N6O4/c31-18-24-26(39-17-12-35-10-15-38-16-11-35)2-1-3-27(24)40-23-6-4-21(5-7-23)25-19-36(22-8-13-37-14-9-22)30-28(25)29(32)33-20-34-30/h1-7,19-20,22H,8-17H2,(H2,32,33,34). The number of hydrogen-bond acceptors (Lipinski definition) is 9. The number of morpholine rings is 1. The third-order valence-corrected chi connectivity index (χ3v) is 7.48. The van der Waals surface area contributed by atoms with E-state index in [9.17, 15) is 5.26 Å². The Morgan fingerprint density at radius 3 is 2.50 bits per heavy atom. The quantitative estimate of drug-likeness (QED) is 0.346. The van der Waals surface area contributed by atoms with E-state index in [0.29, 0.717) is 41.3 Å². The maximum absolute atomic E-state index is 9.88. The van der Waals surface area contributed by atoms with Gasteiger partial charge >= 0.3 is 0 Å². The van der Waals surface area contributed by atoms with Crippen LogP contribution in [0.2, 0.25) is 0 Å². The molecule has 2 fully saturated rings. The number of nitrogen functional groups attached to an aromatic ring is 1. The van der Waals surface area contributed by atoms with E-state index in [2.05, 4.69) is 31.7 Å². The van der Waals surface area contributed by atoms with Gasteiger partial charge in [0.15, 0.2) is 0 Å². The Morgan fingerprint density at radius 1 is 0.975 bits per heavy atom. The topological polar surface area (TPSA) is 121 Å². The molecule has 0 aliphatic carbocycles. The highest BCUT2D eigenvalue weighted by molar-refractivity contribution is 6.00. The van der Waals surface area contributed by atoms with Crippen LogP contribution in [0.5, 0.6) is 17.2 Å². The van der Waals surface area contributed by atoms with E-state index in [4.69, 9.17) is 24.7 Å². The Labute approximate surface area is 232 Å². The maximum Gasteiger partial charge on any atom is 0.148 e. The molecule has 0 saturated carbocycles. The predicted molar refractivity (Wildman–Crippen MR) is 150 cm³/mol. The molecule has 2 aliphatic rings. The van der Waals surface area contributed by atoms with Crippen molar-refractivity contribution in [3.8, 4) is 34.4 Å². The summed E-state index contributed by atoms with van der Waals surface area (Å²) in [5.74, 6) is 2.03. The molecule has 4 heterocycles. The van der Waals surface area contributed by atoms with Crippen LogP contribution in [0.25, 0.3) is 22.2 Å². The van der Waals surface area contributed by atoms with Crippen molar-refractivity contribution in [3.63, 3.8) is 0 Å². The number of nitrogens with zero attached hydrogens (tertiary/aromatic N) is 5. The van der Waals surface area contributed by atoms with Crippen LogP contribution in [0.4, 0.5) is 5.82 Å². The predicted octanol–water partition coefficient (Wildman–Crippen LogP) is 4.41. The van der Waals surface area contributed by atoms with Crippen molar-refractivity contribution in [3.05, 3.63) is 60.6 Å². The molecule has 40 heavy (non-hydrogen) atoms. The highest BCUT2D eigenvalue weighted by atomic mass is 16.5. The molecule has 0 unspecified atom stereocenters. The Kier molecular flexibility index (Phi) is 7.77. The number of nitrogens with two attached hydrogens (primary N) is 1. The number of anilines is 1. The fraction of sp³-hybridized carbons (Fsp3) is 0.367. The number of rotatable bonds is 8. The molecular weight excluding hydrogens is 508 g/mol. The average Bonchev–Trinajstić information content (AvgIpc) is 3.40. The van der Waals surface area contributed by atoms with Gasteiger partial charge in [-0.15, -0.1) is 0 Å². The van der Waals surface area contributed by atoms with E-state index in [1.807, 2.05) is 30.3 Å². The van der Waals surface area contributed by atoms with Gasteiger partial charge in [-0.1, -0.05) is 18.2 Å². The van der Waals surface area contributed by atoms with Crippen molar-refractivity contribution in [1.29, 1.82) is 5.26 Å². The average molecular weight is 541 g/mol. The first-order valence-electron chi connectivity index (χ1n) is 13.6. The maximum atomic E-state index is 9.88. The molecule has 10 nitrogen and oxygen atoms in total. The third-order valence-electron chi connectivity index (χ3n) is 7.48. The van der Waals surface area contributed by atoms with Gasteiger partial charge in [0, 0.05) is 50.7 Å². The van der Waals surface area contributed by atoms with Crippen molar-refractivity contribution >= 4 is 16.9 Å². The summed E-state index contributed by atoms with van der Waals surface area (Å²) in [7, 11) is 0. The minimum absolute atomic E-state index is 0.301. The third kappa shape index (κ3) is 5.45. The largest absolute Gasteiger partial charge is 0.491 e. The molecule has 0 atom stereocenters. The number of hydrogen-bond donors (Lipinski definition) is 1. The van der Waals surface area contributed by atoms with E-state index >= 15 is 0 Å². The van der Waals surface area contributed by atoms with E-state index in [0.717, 1.165) is 81.1 Å². The number of aromatic nitrogens is 3. The van der Waals surface area contributed by atoms with Crippen molar-refractivity contribution in [2.24, 2.45) is 0 Å². The Bertz CT molecular complexity index is 1500. The summed E-state index contributed by atoms with van der Waals surface area (Å²) in [6, 6.07) is 15.7. The van der Waals surface area contributed by atoms with Crippen LogP contribution in [0.15, 0.2) is 55.0 Å².